The second-order valence-electron chi connectivity index (χ2n) is 5.09. The zero-order valence-electron chi connectivity index (χ0n) is 13.7. The van der Waals surface area contributed by atoms with Crippen molar-refractivity contribution in [1.29, 1.82) is 0 Å². The normalized spacial score (nSPS) is 29.3. The predicted molar refractivity (Wildman–Crippen MR) is 74.2 cm³/mol. The summed E-state index contributed by atoms with van der Waals surface area (Å²) >= 11 is 0. The van der Waals surface area contributed by atoms with Crippen LogP contribution in [0.25, 0.3) is 0 Å². The molecule has 0 radical (unpaired) electrons. The topological polar surface area (TPSA) is 135 Å². The fraction of sp³-hybridized carbons (Fsp3) is 0.714. The molecule has 10 heteroatoms. The molecule has 1 heterocycles. The van der Waals surface area contributed by atoms with E-state index in [0.717, 1.165) is 27.7 Å². The van der Waals surface area contributed by atoms with Crippen LogP contribution in [0.4, 0.5) is 0 Å². The molecule has 0 aromatic rings. The van der Waals surface area contributed by atoms with Gasteiger partial charge in [-0.1, -0.05) is 0 Å². The zero-order chi connectivity index (χ0) is 18.4. The van der Waals surface area contributed by atoms with Gasteiger partial charge in [-0.05, 0) is 0 Å². The van der Waals surface area contributed by atoms with Crippen molar-refractivity contribution in [2.24, 2.45) is 0 Å². The van der Waals surface area contributed by atoms with Crippen molar-refractivity contribution in [2.45, 2.75) is 58.4 Å². The first-order chi connectivity index (χ1) is 11.1. The van der Waals surface area contributed by atoms with Crippen LogP contribution in [0.3, 0.4) is 0 Å². The zero-order valence-corrected chi connectivity index (χ0v) is 13.7. The van der Waals surface area contributed by atoms with Crippen molar-refractivity contribution in [3.8, 4) is 0 Å². The van der Waals surface area contributed by atoms with Crippen LogP contribution in [0.5, 0.6) is 0 Å². The minimum Gasteiger partial charge on any atom is -0.463 e. The molecule has 0 aliphatic carbocycles. The summed E-state index contributed by atoms with van der Waals surface area (Å²) in [6.45, 7) is 4.08. The molecule has 1 rings (SSSR count). The lowest BCUT2D eigenvalue weighted by Crippen LogP contribution is -2.62. The number of carbonyl (C=O) groups excluding carboxylic acids is 4. The standard InChI is InChI=1S/C14H20O10/c1-6(15)20-5-10-12(21-7(2)16)11(19)13(22-8(3)17)14(24-10)23-9(4)18/h10-14,19H,5H2,1-4H3/t10?,11-,12-,13?,14-/m1/s1. The van der Waals surface area contributed by atoms with Crippen LogP contribution in [-0.4, -0.2) is 66.3 Å². The Morgan fingerprint density at radius 1 is 0.833 bits per heavy atom. The van der Waals surface area contributed by atoms with Gasteiger partial charge in [0.05, 0.1) is 0 Å². The molecule has 10 nitrogen and oxygen atoms in total. The highest BCUT2D eigenvalue weighted by Gasteiger charge is 2.50. The fourth-order valence-electron chi connectivity index (χ4n) is 2.14. The van der Waals surface area contributed by atoms with Crippen molar-refractivity contribution >= 4 is 23.9 Å². The van der Waals surface area contributed by atoms with Crippen molar-refractivity contribution in [3.63, 3.8) is 0 Å². The Kier molecular flexibility index (Phi) is 7.11. The molecular formula is C14H20O10. The molecule has 0 aromatic carbocycles. The molecule has 24 heavy (non-hydrogen) atoms. The van der Waals surface area contributed by atoms with Crippen LogP contribution in [-0.2, 0) is 42.9 Å². The highest BCUT2D eigenvalue weighted by Crippen LogP contribution is 2.27. The third kappa shape index (κ3) is 5.78. The van der Waals surface area contributed by atoms with E-state index in [1.807, 2.05) is 0 Å². The van der Waals surface area contributed by atoms with Gasteiger partial charge in [0, 0.05) is 27.7 Å². The Labute approximate surface area is 137 Å². The third-order valence-electron chi connectivity index (χ3n) is 2.95. The average Bonchev–Trinajstić information content (AvgIpc) is 2.42. The van der Waals surface area contributed by atoms with Gasteiger partial charge in [0.2, 0.25) is 6.29 Å². The summed E-state index contributed by atoms with van der Waals surface area (Å²) < 4.78 is 25.0. The molecule has 2 unspecified atom stereocenters. The smallest absolute Gasteiger partial charge is 0.305 e. The molecule has 1 N–H and O–H groups in total. The van der Waals surface area contributed by atoms with Gasteiger partial charge in [-0.2, -0.15) is 0 Å². The number of hydrogen-bond donors (Lipinski definition) is 1. The first kappa shape index (κ1) is 19.8. The summed E-state index contributed by atoms with van der Waals surface area (Å²) in [6, 6.07) is 0. The SMILES string of the molecule is CC(=O)OCC1O[C@@H](OC(C)=O)C(OC(C)=O)[C@H](O)[C@@H]1OC(C)=O. The molecule has 0 saturated carbocycles. The number of carbonyl (C=O) groups is 4. The van der Waals surface area contributed by atoms with Crippen LogP contribution in [0, 0.1) is 0 Å². The van der Waals surface area contributed by atoms with Gasteiger partial charge >= 0.3 is 23.9 Å². The molecule has 1 fully saturated rings. The van der Waals surface area contributed by atoms with Crippen LogP contribution in [0.15, 0.2) is 0 Å². The van der Waals surface area contributed by atoms with Crippen LogP contribution in [0.2, 0.25) is 0 Å². The first-order valence-corrected chi connectivity index (χ1v) is 7.10. The van der Waals surface area contributed by atoms with Gasteiger partial charge in [-0.25, -0.2) is 0 Å². The van der Waals surface area contributed by atoms with Crippen molar-refractivity contribution in [2.75, 3.05) is 6.61 Å². The maximum absolute atomic E-state index is 11.2. The van der Waals surface area contributed by atoms with E-state index in [1.165, 1.54) is 0 Å². The van der Waals surface area contributed by atoms with Gasteiger partial charge in [-0.15, -0.1) is 0 Å². The number of aliphatic hydroxyl groups excluding tert-OH is 1. The number of esters is 4. The Morgan fingerprint density at radius 2 is 1.33 bits per heavy atom. The lowest BCUT2D eigenvalue weighted by Gasteiger charge is -2.42. The monoisotopic (exact) mass is 348 g/mol. The predicted octanol–water partition coefficient (Wildman–Crippen LogP) is -0.938. The van der Waals surface area contributed by atoms with E-state index in [0.29, 0.717) is 0 Å². The van der Waals surface area contributed by atoms with Gasteiger partial charge in [0.25, 0.3) is 0 Å². The largest absolute Gasteiger partial charge is 0.463 e. The first-order valence-electron chi connectivity index (χ1n) is 7.10. The lowest BCUT2D eigenvalue weighted by atomic mass is 9.98. The highest BCUT2D eigenvalue weighted by atomic mass is 16.7. The Morgan fingerprint density at radius 3 is 1.79 bits per heavy atom. The molecule has 1 aliphatic rings. The Bertz CT molecular complexity index is 500. The van der Waals surface area contributed by atoms with Gasteiger partial charge in [0.15, 0.2) is 12.2 Å². The van der Waals surface area contributed by atoms with E-state index in [2.05, 4.69) is 0 Å². The maximum Gasteiger partial charge on any atom is 0.305 e. The molecule has 0 bridgehead atoms. The summed E-state index contributed by atoms with van der Waals surface area (Å²) in [5, 5.41) is 10.4. The number of ether oxygens (including phenoxy) is 5. The third-order valence-corrected chi connectivity index (χ3v) is 2.95. The number of hydrogen-bond acceptors (Lipinski definition) is 10. The van der Waals surface area contributed by atoms with Gasteiger partial charge in [-0.3, -0.25) is 19.2 Å². The second-order valence-corrected chi connectivity index (χ2v) is 5.09. The fourth-order valence-corrected chi connectivity index (χ4v) is 2.14. The van der Waals surface area contributed by atoms with E-state index < -0.39 is 54.6 Å². The van der Waals surface area contributed by atoms with Crippen LogP contribution >= 0.6 is 0 Å². The molecule has 136 valence electrons. The molecule has 1 saturated heterocycles. The summed E-state index contributed by atoms with van der Waals surface area (Å²) in [6.07, 6.45) is -6.84. The highest BCUT2D eigenvalue weighted by molar-refractivity contribution is 5.68. The van der Waals surface area contributed by atoms with E-state index in [1.54, 1.807) is 0 Å². The van der Waals surface area contributed by atoms with Crippen LogP contribution < -0.4 is 0 Å². The minimum absolute atomic E-state index is 0.366. The molecule has 0 spiro atoms. The van der Waals surface area contributed by atoms with E-state index in [-0.39, 0.29) is 6.61 Å². The number of aliphatic hydroxyl groups is 1. The maximum atomic E-state index is 11.2. The quantitative estimate of drug-likeness (QED) is 0.490. The molecule has 5 atom stereocenters. The van der Waals surface area contributed by atoms with Gasteiger partial charge < -0.3 is 28.8 Å². The van der Waals surface area contributed by atoms with E-state index in [4.69, 9.17) is 23.7 Å². The summed E-state index contributed by atoms with van der Waals surface area (Å²) in [5.74, 6) is -2.87. The summed E-state index contributed by atoms with van der Waals surface area (Å²) in [7, 11) is 0. The Balaban J connectivity index is 3.04. The van der Waals surface area contributed by atoms with Crippen molar-refractivity contribution in [3.05, 3.63) is 0 Å². The lowest BCUT2D eigenvalue weighted by molar-refractivity contribution is -0.298. The van der Waals surface area contributed by atoms with E-state index in [9.17, 15) is 24.3 Å². The number of rotatable bonds is 5. The molecule has 0 amide bonds. The van der Waals surface area contributed by atoms with Crippen molar-refractivity contribution in [1.82, 2.24) is 0 Å². The molecule has 1 aliphatic heterocycles. The Hall–Kier alpha value is -2.20. The average molecular weight is 348 g/mol. The summed E-state index contributed by atoms with van der Waals surface area (Å²) in [4.78, 5) is 44.6. The minimum atomic E-state index is -1.56. The molecular weight excluding hydrogens is 328 g/mol. The van der Waals surface area contributed by atoms with Crippen LogP contribution in [0.1, 0.15) is 27.7 Å². The second kappa shape index (κ2) is 8.60. The summed E-state index contributed by atoms with van der Waals surface area (Å²) in [5.41, 5.74) is 0. The van der Waals surface area contributed by atoms with Crippen molar-refractivity contribution < 1.29 is 48.0 Å². The van der Waals surface area contributed by atoms with E-state index >= 15 is 0 Å². The van der Waals surface area contributed by atoms with Gasteiger partial charge in [0.1, 0.15) is 18.8 Å². The molecule has 0 aromatic heterocycles.